The fourth-order valence-corrected chi connectivity index (χ4v) is 3.23. The monoisotopic (exact) mass is 362 g/mol. The van der Waals surface area contributed by atoms with Crippen molar-refractivity contribution in [2.24, 2.45) is 0 Å². The molecule has 1 atom stereocenters. The van der Waals surface area contributed by atoms with Crippen LogP contribution in [0.5, 0.6) is 0 Å². The first-order valence-corrected chi connectivity index (χ1v) is 8.77. The van der Waals surface area contributed by atoms with Gasteiger partial charge in [0.05, 0.1) is 22.2 Å². The first kappa shape index (κ1) is 18.5. The fourth-order valence-electron chi connectivity index (χ4n) is 3.23. The Morgan fingerprint density at radius 3 is 2.33 bits per heavy atom. The second kappa shape index (κ2) is 7.53. The van der Waals surface area contributed by atoms with E-state index >= 15 is 0 Å². The number of nitrogens with one attached hydrogen (secondary N) is 1. The van der Waals surface area contributed by atoms with E-state index in [1.54, 1.807) is 18.2 Å². The zero-order valence-electron chi connectivity index (χ0n) is 15.9. The Kier molecular flexibility index (Phi) is 5.16. The number of para-hydroxylation sites is 1. The molecule has 0 aliphatic rings. The van der Waals surface area contributed by atoms with Crippen molar-refractivity contribution in [2.45, 2.75) is 33.7 Å². The van der Waals surface area contributed by atoms with E-state index in [1.165, 1.54) is 17.2 Å². The van der Waals surface area contributed by atoms with E-state index in [9.17, 15) is 10.1 Å². The summed E-state index contributed by atoms with van der Waals surface area (Å²) >= 11 is 0. The smallest absolute Gasteiger partial charge is 0.274 e. The van der Waals surface area contributed by atoms with Crippen LogP contribution in [0.1, 0.15) is 35.5 Å². The number of hydrogen-bond donors (Lipinski definition) is 1. The summed E-state index contributed by atoms with van der Waals surface area (Å²) in [5, 5.41) is 14.6. The molecule has 138 valence electrons. The van der Waals surface area contributed by atoms with Crippen LogP contribution in [0.25, 0.3) is 11.3 Å². The molecule has 3 aromatic rings. The molecule has 3 rings (SSSR count). The van der Waals surface area contributed by atoms with Crippen LogP contribution in [0.15, 0.2) is 48.5 Å². The highest BCUT2D eigenvalue weighted by molar-refractivity contribution is 5.64. The number of benzene rings is 2. The van der Waals surface area contributed by atoms with Gasteiger partial charge in [-0.3, -0.25) is 10.1 Å². The van der Waals surface area contributed by atoms with Gasteiger partial charge in [0, 0.05) is 17.7 Å². The van der Waals surface area contributed by atoms with Crippen LogP contribution in [0, 0.1) is 30.9 Å². The third kappa shape index (κ3) is 4.28. The number of rotatable bonds is 5. The van der Waals surface area contributed by atoms with Crippen LogP contribution >= 0.6 is 0 Å². The van der Waals surface area contributed by atoms with Gasteiger partial charge >= 0.3 is 0 Å². The molecule has 27 heavy (non-hydrogen) atoms. The van der Waals surface area contributed by atoms with Crippen molar-refractivity contribution in [3.05, 3.63) is 81.2 Å². The molecule has 0 saturated heterocycles. The number of nitro groups is 1. The molecule has 0 radical (unpaired) electrons. The Morgan fingerprint density at radius 1 is 1.00 bits per heavy atom. The summed E-state index contributed by atoms with van der Waals surface area (Å²) in [7, 11) is 0. The van der Waals surface area contributed by atoms with E-state index in [0.29, 0.717) is 17.2 Å². The minimum atomic E-state index is -0.361. The number of hydrogen-bond acceptors (Lipinski definition) is 5. The number of nitro benzene ring substituents is 1. The van der Waals surface area contributed by atoms with Crippen molar-refractivity contribution in [2.75, 3.05) is 5.32 Å². The van der Waals surface area contributed by atoms with Gasteiger partial charge in [0.25, 0.3) is 5.69 Å². The summed E-state index contributed by atoms with van der Waals surface area (Å²) in [4.78, 5) is 19.9. The van der Waals surface area contributed by atoms with Crippen LogP contribution in [0.3, 0.4) is 0 Å². The molecule has 1 aromatic heterocycles. The predicted octanol–water partition coefficient (Wildman–Crippen LogP) is 5.15. The second-order valence-corrected chi connectivity index (χ2v) is 6.74. The maximum absolute atomic E-state index is 11.3. The van der Waals surface area contributed by atoms with Gasteiger partial charge < -0.3 is 5.32 Å². The van der Waals surface area contributed by atoms with Crippen molar-refractivity contribution in [1.82, 2.24) is 9.97 Å². The zero-order valence-corrected chi connectivity index (χ0v) is 15.9. The Hall–Kier alpha value is -3.28. The van der Waals surface area contributed by atoms with Gasteiger partial charge in [-0.25, -0.2) is 9.97 Å². The van der Waals surface area contributed by atoms with Crippen LogP contribution in [-0.4, -0.2) is 14.9 Å². The van der Waals surface area contributed by atoms with Crippen molar-refractivity contribution in [3.8, 4) is 11.3 Å². The van der Waals surface area contributed by atoms with Gasteiger partial charge in [0.2, 0.25) is 0 Å². The van der Waals surface area contributed by atoms with Gasteiger partial charge in [-0.2, -0.15) is 0 Å². The highest BCUT2D eigenvalue weighted by Gasteiger charge is 2.18. The Labute approximate surface area is 158 Å². The minimum absolute atomic E-state index is 0.0952. The largest absolute Gasteiger partial charge is 0.363 e. The number of aromatic nitrogens is 2. The molecule has 0 aliphatic heterocycles. The molecule has 1 heterocycles. The molecule has 1 unspecified atom stereocenters. The molecule has 0 saturated carbocycles. The summed E-state index contributed by atoms with van der Waals surface area (Å²) in [5.74, 6) is 1.28. The molecule has 6 heteroatoms. The molecule has 0 amide bonds. The Balaban J connectivity index is 1.94. The van der Waals surface area contributed by atoms with Crippen molar-refractivity contribution >= 4 is 11.5 Å². The van der Waals surface area contributed by atoms with Crippen molar-refractivity contribution in [1.29, 1.82) is 0 Å². The summed E-state index contributed by atoms with van der Waals surface area (Å²) in [6.07, 6.45) is 0. The van der Waals surface area contributed by atoms with E-state index in [4.69, 9.17) is 0 Å². The summed E-state index contributed by atoms with van der Waals surface area (Å²) < 4.78 is 0. The van der Waals surface area contributed by atoms with Crippen LogP contribution in [-0.2, 0) is 0 Å². The van der Waals surface area contributed by atoms with E-state index in [2.05, 4.69) is 47.3 Å². The predicted molar refractivity (Wildman–Crippen MR) is 107 cm³/mol. The molecule has 0 fully saturated rings. The molecular weight excluding hydrogens is 340 g/mol. The first-order chi connectivity index (χ1) is 12.8. The highest BCUT2D eigenvalue weighted by Crippen LogP contribution is 2.28. The second-order valence-electron chi connectivity index (χ2n) is 6.74. The SMILES string of the molecule is Cc1cc(C)cc(-c2cc(NC(C)c3ccccc3[N+](=O)[O-])nc(C)n2)c1. The van der Waals surface area contributed by atoms with E-state index in [-0.39, 0.29) is 16.7 Å². The minimum Gasteiger partial charge on any atom is -0.363 e. The van der Waals surface area contributed by atoms with Crippen molar-refractivity contribution in [3.63, 3.8) is 0 Å². The topological polar surface area (TPSA) is 81.0 Å². The molecule has 0 aliphatic carbocycles. The lowest BCUT2D eigenvalue weighted by Crippen LogP contribution is -2.11. The number of aryl methyl sites for hydroxylation is 3. The standard InChI is InChI=1S/C21H22N4O2/c1-13-9-14(2)11-17(10-13)19-12-21(24-16(4)23-19)22-15(3)18-7-5-6-8-20(18)25(26)27/h5-12,15H,1-4H3,(H,22,23,24). The molecular formula is C21H22N4O2. The molecule has 6 nitrogen and oxygen atoms in total. The van der Waals surface area contributed by atoms with E-state index in [0.717, 1.165) is 11.3 Å². The summed E-state index contributed by atoms with van der Waals surface area (Å²) in [5.41, 5.74) is 4.91. The molecule has 1 N–H and O–H groups in total. The average Bonchev–Trinajstić information content (AvgIpc) is 2.60. The lowest BCUT2D eigenvalue weighted by Gasteiger charge is -2.16. The third-order valence-electron chi connectivity index (χ3n) is 4.32. The Morgan fingerprint density at radius 2 is 1.67 bits per heavy atom. The molecule has 2 aromatic carbocycles. The summed E-state index contributed by atoms with van der Waals surface area (Å²) in [6.45, 7) is 7.84. The molecule has 0 spiro atoms. The fraction of sp³-hybridized carbons (Fsp3) is 0.238. The Bertz CT molecular complexity index is 981. The highest BCUT2D eigenvalue weighted by atomic mass is 16.6. The summed E-state index contributed by atoms with van der Waals surface area (Å²) in [6, 6.07) is 14.6. The maximum Gasteiger partial charge on any atom is 0.274 e. The van der Waals surface area contributed by atoms with Gasteiger partial charge in [-0.1, -0.05) is 35.4 Å². The van der Waals surface area contributed by atoms with Gasteiger partial charge in [0.15, 0.2) is 0 Å². The number of anilines is 1. The maximum atomic E-state index is 11.3. The van der Waals surface area contributed by atoms with Gasteiger partial charge in [0.1, 0.15) is 11.6 Å². The van der Waals surface area contributed by atoms with Crippen molar-refractivity contribution < 1.29 is 4.92 Å². The average molecular weight is 362 g/mol. The van der Waals surface area contributed by atoms with Gasteiger partial charge in [-0.15, -0.1) is 0 Å². The quantitative estimate of drug-likeness (QED) is 0.501. The van der Waals surface area contributed by atoms with Crippen LogP contribution < -0.4 is 5.32 Å². The molecule has 0 bridgehead atoms. The van der Waals surface area contributed by atoms with Gasteiger partial charge in [-0.05, 0) is 39.8 Å². The van der Waals surface area contributed by atoms with E-state index < -0.39 is 0 Å². The van der Waals surface area contributed by atoms with Crippen LogP contribution in [0.4, 0.5) is 11.5 Å². The normalized spacial score (nSPS) is 11.9. The number of nitrogens with zero attached hydrogens (tertiary/aromatic N) is 3. The lowest BCUT2D eigenvalue weighted by molar-refractivity contribution is -0.385. The zero-order chi connectivity index (χ0) is 19.6. The van der Waals surface area contributed by atoms with Crippen LogP contribution in [0.2, 0.25) is 0 Å². The third-order valence-corrected chi connectivity index (χ3v) is 4.32. The first-order valence-electron chi connectivity index (χ1n) is 8.77. The van der Waals surface area contributed by atoms with E-state index in [1.807, 2.05) is 19.9 Å². The lowest BCUT2D eigenvalue weighted by atomic mass is 10.0.